The van der Waals surface area contributed by atoms with Crippen molar-refractivity contribution in [3.05, 3.63) is 90.0 Å². The van der Waals surface area contributed by atoms with Crippen molar-refractivity contribution < 1.29 is 9.53 Å². The molecule has 0 atom stereocenters. The van der Waals surface area contributed by atoms with Gasteiger partial charge in [-0.2, -0.15) is 0 Å². The lowest BCUT2D eigenvalue weighted by atomic mass is 10.1. The van der Waals surface area contributed by atoms with E-state index in [2.05, 4.69) is 32.2 Å². The van der Waals surface area contributed by atoms with E-state index >= 15 is 0 Å². The van der Waals surface area contributed by atoms with Crippen LogP contribution in [-0.4, -0.2) is 33.5 Å². The molecule has 4 aromatic rings. The minimum Gasteiger partial charge on any atom is -0.497 e. The molecule has 0 bridgehead atoms. The monoisotopic (exact) mass is 458 g/mol. The summed E-state index contributed by atoms with van der Waals surface area (Å²) in [6, 6.07) is 25.8. The zero-order valence-electron chi connectivity index (χ0n) is 18.7. The van der Waals surface area contributed by atoms with E-state index in [0.717, 1.165) is 40.0 Å². The van der Waals surface area contributed by atoms with E-state index in [1.807, 2.05) is 73.7 Å². The fourth-order valence-corrected chi connectivity index (χ4v) is 4.25. The SMILES string of the molecule is COc1ccc(-c2nnc(SCC(=O)Nc3cccc(C)c3)n2CCc2ccccc2)cc1. The number of amides is 1. The number of aromatic nitrogens is 3. The van der Waals surface area contributed by atoms with E-state index in [0.29, 0.717) is 6.54 Å². The third-order valence-corrected chi connectivity index (χ3v) is 6.13. The van der Waals surface area contributed by atoms with E-state index in [-0.39, 0.29) is 11.7 Å². The van der Waals surface area contributed by atoms with Crippen LogP contribution < -0.4 is 10.1 Å². The number of benzene rings is 3. The highest BCUT2D eigenvalue weighted by Crippen LogP contribution is 2.26. The van der Waals surface area contributed by atoms with Gasteiger partial charge in [0.2, 0.25) is 5.91 Å². The maximum atomic E-state index is 12.5. The molecule has 0 aliphatic heterocycles. The Balaban J connectivity index is 1.51. The molecule has 0 spiro atoms. The summed E-state index contributed by atoms with van der Waals surface area (Å²) in [5.41, 5.74) is 4.09. The fourth-order valence-electron chi connectivity index (χ4n) is 3.49. The number of aryl methyl sites for hydroxylation is 2. The van der Waals surface area contributed by atoms with Crippen molar-refractivity contribution in [3.63, 3.8) is 0 Å². The normalized spacial score (nSPS) is 10.7. The second-order valence-corrected chi connectivity index (χ2v) is 8.57. The standard InChI is InChI=1S/C26H26N4O2S/c1-19-7-6-10-22(17-19)27-24(31)18-33-26-29-28-25(21-11-13-23(32-2)14-12-21)30(26)16-15-20-8-4-3-5-9-20/h3-14,17H,15-16,18H2,1-2H3,(H,27,31). The molecule has 0 fully saturated rings. The highest BCUT2D eigenvalue weighted by molar-refractivity contribution is 7.99. The van der Waals surface area contributed by atoms with Crippen molar-refractivity contribution in [2.75, 3.05) is 18.2 Å². The average molecular weight is 459 g/mol. The Morgan fingerprint density at radius 3 is 2.52 bits per heavy atom. The van der Waals surface area contributed by atoms with Gasteiger partial charge in [-0.1, -0.05) is 54.2 Å². The van der Waals surface area contributed by atoms with Crippen LogP contribution in [0.3, 0.4) is 0 Å². The largest absolute Gasteiger partial charge is 0.497 e. The van der Waals surface area contributed by atoms with Gasteiger partial charge >= 0.3 is 0 Å². The van der Waals surface area contributed by atoms with Crippen LogP contribution in [0.25, 0.3) is 11.4 Å². The second-order valence-electron chi connectivity index (χ2n) is 7.63. The molecular formula is C26H26N4O2S. The molecule has 0 saturated carbocycles. The van der Waals surface area contributed by atoms with Gasteiger partial charge in [-0.3, -0.25) is 4.79 Å². The van der Waals surface area contributed by atoms with Crippen molar-refractivity contribution in [1.82, 2.24) is 14.8 Å². The van der Waals surface area contributed by atoms with Crippen LogP contribution in [0.1, 0.15) is 11.1 Å². The number of hydrogen-bond acceptors (Lipinski definition) is 5. The second kappa shape index (κ2) is 10.8. The van der Waals surface area contributed by atoms with Gasteiger partial charge in [0.1, 0.15) is 5.75 Å². The molecule has 4 rings (SSSR count). The van der Waals surface area contributed by atoms with Crippen LogP contribution >= 0.6 is 11.8 Å². The Bertz CT molecular complexity index is 1210. The maximum Gasteiger partial charge on any atom is 0.234 e. The minimum atomic E-state index is -0.0748. The Morgan fingerprint density at radius 2 is 1.79 bits per heavy atom. The van der Waals surface area contributed by atoms with Gasteiger partial charge < -0.3 is 14.6 Å². The number of nitrogens with zero attached hydrogens (tertiary/aromatic N) is 3. The summed E-state index contributed by atoms with van der Waals surface area (Å²) in [6.45, 7) is 2.71. The smallest absolute Gasteiger partial charge is 0.234 e. The Morgan fingerprint density at radius 1 is 1.00 bits per heavy atom. The van der Waals surface area contributed by atoms with Gasteiger partial charge in [0, 0.05) is 17.8 Å². The number of nitrogens with one attached hydrogen (secondary N) is 1. The maximum absolute atomic E-state index is 12.5. The predicted molar refractivity (Wildman–Crippen MR) is 133 cm³/mol. The van der Waals surface area contributed by atoms with Crippen molar-refractivity contribution >= 4 is 23.4 Å². The number of carbonyl (C=O) groups excluding carboxylic acids is 1. The van der Waals surface area contributed by atoms with E-state index in [1.165, 1.54) is 17.3 Å². The topological polar surface area (TPSA) is 69.0 Å². The molecule has 1 heterocycles. The summed E-state index contributed by atoms with van der Waals surface area (Å²) >= 11 is 1.39. The summed E-state index contributed by atoms with van der Waals surface area (Å²) in [5.74, 6) is 1.74. The first kappa shape index (κ1) is 22.6. The third-order valence-electron chi connectivity index (χ3n) is 5.17. The van der Waals surface area contributed by atoms with Gasteiger partial charge in [0.15, 0.2) is 11.0 Å². The molecule has 0 aliphatic rings. The van der Waals surface area contributed by atoms with Crippen LogP contribution in [-0.2, 0) is 17.8 Å². The van der Waals surface area contributed by atoms with E-state index in [9.17, 15) is 4.79 Å². The first-order valence-electron chi connectivity index (χ1n) is 10.7. The summed E-state index contributed by atoms with van der Waals surface area (Å²) in [6.07, 6.45) is 0.838. The Hall–Kier alpha value is -3.58. The molecule has 3 aromatic carbocycles. The molecule has 33 heavy (non-hydrogen) atoms. The minimum absolute atomic E-state index is 0.0748. The van der Waals surface area contributed by atoms with Gasteiger partial charge in [-0.05, 0) is 60.9 Å². The summed E-state index contributed by atoms with van der Waals surface area (Å²) < 4.78 is 7.36. The van der Waals surface area contributed by atoms with E-state index in [1.54, 1.807) is 7.11 Å². The van der Waals surface area contributed by atoms with Gasteiger partial charge in [0.25, 0.3) is 0 Å². The molecular weight excluding hydrogens is 432 g/mol. The highest BCUT2D eigenvalue weighted by Gasteiger charge is 2.16. The quantitative estimate of drug-likeness (QED) is 0.348. The van der Waals surface area contributed by atoms with Gasteiger partial charge in [-0.15, -0.1) is 10.2 Å². The number of methoxy groups -OCH3 is 1. The van der Waals surface area contributed by atoms with Crippen molar-refractivity contribution in [2.24, 2.45) is 0 Å². The number of ether oxygens (including phenoxy) is 1. The Kier molecular flexibility index (Phi) is 7.42. The average Bonchev–Trinajstić information content (AvgIpc) is 3.25. The zero-order valence-corrected chi connectivity index (χ0v) is 19.5. The lowest BCUT2D eigenvalue weighted by molar-refractivity contribution is -0.113. The predicted octanol–water partition coefficient (Wildman–Crippen LogP) is 5.24. The first-order chi connectivity index (χ1) is 16.1. The van der Waals surface area contributed by atoms with Crippen LogP contribution in [0.4, 0.5) is 5.69 Å². The molecule has 0 aliphatic carbocycles. The number of anilines is 1. The number of carbonyl (C=O) groups is 1. The van der Waals surface area contributed by atoms with Crippen molar-refractivity contribution in [2.45, 2.75) is 25.0 Å². The summed E-state index contributed by atoms with van der Waals surface area (Å²) in [7, 11) is 1.65. The van der Waals surface area contributed by atoms with Crippen LogP contribution in [0.2, 0.25) is 0 Å². The van der Waals surface area contributed by atoms with Gasteiger partial charge in [0.05, 0.1) is 12.9 Å². The van der Waals surface area contributed by atoms with E-state index < -0.39 is 0 Å². The highest BCUT2D eigenvalue weighted by atomic mass is 32.2. The molecule has 0 saturated heterocycles. The molecule has 0 radical (unpaired) electrons. The number of thioether (sulfide) groups is 1. The molecule has 1 aromatic heterocycles. The van der Waals surface area contributed by atoms with Gasteiger partial charge in [-0.25, -0.2) is 0 Å². The zero-order chi connectivity index (χ0) is 23.0. The summed E-state index contributed by atoms with van der Waals surface area (Å²) in [4.78, 5) is 12.5. The lowest BCUT2D eigenvalue weighted by Gasteiger charge is -2.11. The summed E-state index contributed by atoms with van der Waals surface area (Å²) in [5, 5.41) is 12.5. The van der Waals surface area contributed by atoms with Crippen molar-refractivity contribution in [3.8, 4) is 17.1 Å². The number of hydrogen-bond donors (Lipinski definition) is 1. The molecule has 168 valence electrons. The molecule has 0 unspecified atom stereocenters. The van der Waals surface area contributed by atoms with Crippen molar-refractivity contribution in [1.29, 1.82) is 0 Å². The lowest BCUT2D eigenvalue weighted by Crippen LogP contribution is -2.15. The van der Waals surface area contributed by atoms with Crippen LogP contribution in [0.15, 0.2) is 84.0 Å². The van der Waals surface area contributed by atoms with Crippen LogP contribution in [0.5, 0.6) is 5.75 Å². The number of rotatable bonds is 9. The first-order valence-corrected chi connectivity index (χ1v) is 11.7. The third kappa shape index (κ3) is 6.02. The molecule has 1 amide bonds. The fraction of sp³-hybridized carbons (Fsp3) is 0.192. The molecule has 7 heteroatoms. The Labute approximate surface area is 198 Å². The molecule has 6 nitrogen and oxygen atoms in total. The molecule has 1 N–H and O–H groups in total. The van der Waals surface area contributed by atoms with E-state index in [4.69, 9.17) is 4.74 Å². The van der Waals surface area contributed by atoms with Crippen LogP contribution in [0, 0.1) is 6.92 Å².